The lowest BCUT2D eigenvalue weighted by Crippen LogP contribution is -2.02. The van der Waals surface area contributed by atoms with Gasteiger partial charge in [-0.25, -0.2) is 0 Å². The van der Waals surface area contributed by atoms with Gasteiger partial charge in [-0.15, -0.1) is 0 Å². The number of halogens is 1. The van der Waals surface area contributed by atoms with Crippen molar-refractivity contribution in [1.82, 2.24) is 0 Å². The Labute approximate surface area is 125 Å². The van der Waals surface area contributed by atoms with Gasteiger partial charge < -0.3 is 5.73 Å². The molecule has 2 N–H and O–H groups in total. The molecule has 0 atom stereocenters. The molecule has 0 aliphatic rings. The van der Waals surface area contributed by atoms with Gasteiger partial charge in [0.05, 0.1) is 0 Å². The summed E-state index contributed by atoms with van der Waals surface area (Å²) < 4.78 is 0.739. The highest BCUT2D eigenvalue weighted by Gasteiger charge is 2.13. The molecule has 0 aromatic heterocycles. The highest BCUT2D eigenvalue weighted by Crippen LogP contribution is 2.25. The van der Waals surface area contributed by atoms with Gasteiger partial charge >= 0.3 is 0 Å². The summed E-state index contributed by atoms with van der Waals surface area (Å²) in [6.45, 7) is 0. The van der Waals surface area contributed by atoms with Gasteiger partial charge in [0.2, 0.25) is 0 Å². The lowest BCUT2D eigenvalue weighted by atomic mass is 9.97. The van der Waals surface area contributed by atoms with Crippen molar-refractivity contribution in [1.29, 1.82) is 0 Å². The molecule has 0 aliphatic carbocycles. The van der Waals surface area contributed by atoms with Crippen LogP contribution in [0, 0.1) is 0 Å². The summed E-state index contributed by atoms with van der Waals surface area (Å²) in [5.41, 5.74) is 7.72. The third-order valence-electron chi connectivity index (χ3n) is 3.30. The molecule has 0 spiro atoms. The highest BCUT2D eigenvalue weighted by atomic mass is 79.9. The molecule has 20 heavy (non-hydrogen) atoms. The smallest absolute Gasteiger partial charge is 0.193 e. The summed E-state index contributed by atoms with van der Waals surface area (Å²) in [5.74, 6) is 0.00231. The minimum absolute atomic E-state index is 0.00231. The third-order valence-corrected chi connectivity index (χ3v) is 3.98. The number of carbonyl (C=O) groups is 1. The summed E-state index contributed by atoms with van der Waals surface area (Å²) in [4.78, 5) is 12.7. The van der Waals surface area contributed by atoms with E-state index in [0.717, 1.165) is 15.2 Å². The Balaban J connectivity index is 2.15. The first kappa shape index (κ1) is 12.9. The highest BCUT2D eigenvalue weighted by molar-refractivity contribution is 9.10. The number of nitrogens with two attached hydrogens (primary N) is 1. The quantitative estimate of drug-likeness (QED) is 0.560. The van der Waals surface area contributed by atoms with Gasteiger partial charge in [0.1, 0.15) is 0 Å². The Bertz CT molecular complexity index is 806. The molecule has 98 valence electrons. The molecule has 3 rings (SSSR count). The summed E-state index contributed by atoms with van der Waals surface area (Å²) in [5, 5.41) is 2.03. The molecular weight excluding hydrogens is 314 g/mol. The van der Waals surface area contributed by atoms with Crippen molar-refractivity contribution in [3.05, 3.63) is 76.3 Å². The van der Waals surface area contributed by atoms with Crippen molar-refractivity contribution in [2.24, 2.45) is 0 Å². The SMILES string of the molecule is Nc1ccc(C(=O)c2cccc3ccccc23)cc1Br. The first-order chi connectivity index (χ1) is 9.66. The zero-order chi connectivity index (χ0) is 14.1. The number of benzene rings is 3. The van der Waals surface area contributed by atoms with E-state index in [2.05, 4.69) is 15.9 Å². The van der Waals surface area contributed by atoms with Crippen molar-refractivity contribution in [3.8, 4) is 0 Å². The maximum absolute atomic E-state index is 12.7. The second kappa shape index (κ2) is 5.10. The average molecular weight is 326 g/mol. The first-order valence-electron chi connectivity index (χ1n) is 6.24. The van der Waals surface area contributed by atoms with E-state index in [4.69, 9.17) is 5.73 Å². The molecule has 0 saturated heterocycles. The van der Waals surface area contributed by atoms with Gasteiger partial charge in [-0.3, -0.25) is 4.79 Å². The number of ketones is 1. The lowest BCUT2D eigenvalue weighted by Gasteiger charge is -2.07. The van der Waals surface area contributed by atoms with Crippen molar-refractivity contribution >= 4 is 38.2 Å². The van der Waals surface area contributed by atoms with Gasteiger partial charge in [-0.1, -0.05) is 42.5 Å². The largest absolute Gasteiger partial charge is 0.398 e. The van der Waals surface area contributed by atoms with E-state index < -0.39 is 0 Å². The van der Waals surface area contributed by atoms with Gasteiger partial charge in [-0.2, -0.15) is 0 Å². The van der Waals surface area contributed by atoms with Crippen LogP contribution in [0.1, 0.15) is 15.9 Å². The fraction of sp³-hybridized carbons (Fsp3) is 0. The van der Waals surface area contributed by atoms with Crippen LogP contribution < -0.4 is 5.73 Å². The summed E-state index contributed by atoms with van der Waals surface area (Å²) >= 11 is 3.36. The van der Waals surface area contributed by atoms with E-state index in [-0.39, 0.29) is 5.78 Å². The maximum atomic E-state index is 12.7. The fourth-order valence-electron chi connectivity index (χ4n) is 2.25. The molecule has 0 saturated carbocycles. The van der Waals surface area contributed by atoms with Crippen molar-refractivity contribution in [2.45, 2.75) is 0 Å². The lowest BCUT2D eigenvalue weighted by molar-refractivity contribution is 0.104. The molecule has 0 unspecified atom stereocenters. The molecule has 3 heteroatoms. The minimum atomic E-state index is 0.00231. The summed E-state index contributed by atoms with van der Waals surface area (Å²) in [6, 6.07) is 18.9. The van der Waals surface area contributed by atoms with Crippen LogP contribution in [-0.2, 0) is 0 Å². The molecule has 0 heterocycles. The van der Waals surface area contributed by atoms with Crippen LogP contribution in [-0.4, -0.2) is 5.78 Å². The number of hydrogen-bond acceptors (Lipinski definition) is 2. The number of hydrogen-bond donors (Lipinski definition) is 1. The Morgan fingerprint density at radius 3 is 2.50 bits per heavy atom. The van der Waals surface area contributed by atoms with Gasteiger partial charge in [0, 0.05) is 21.3 Å². The summed E-state index contributed by atoms with van der Waals surface area (Å²) in [7, 11) is 0. The van der Waals surface area contributed by atoms with Crippen LogP contribution in [0.3, 0.4) is 0 Å². The van der Waals surface area contributed by atoms with Gasteiger partial charge in [0.25, 0.3) is 0 Å². The average Bonchev–Trinajstić information content (AvgIpc) is 2.49. The number of nitrogen functional groups attached to an aromatic ring is 1. The molecule has 3 aromatic rings. The second-order valence-electron chi connectivity index (χ2n) is 4.59. The monoisotopic (exact) mass is 325 g/mol. The minimum Gasteiger partial charge on any atom is -0.398 e. The van der Waals surface area contributed by atoms with Crippen LogP contribution in [0.2, 0.25) is 0 Å². The predicted octanol–water partition coefficient (Wildman–Crippen LogP) is 4.42. The third kappa shape index (κ3) is 2.21. The van der Waals surface area contributed by atoms with Crippen molar-refractivity contribution in [3.63, 3.8) is 0 Å². The first-order valence-corrected chi connectivity index (χ1v) is 7.03. The van der Waals surface area contributed by atoms with E-state index >= 15 is 0 Å². The van der Waals surface area contributed by atoms with Crippen molar-refractivity contribution < 1.29 is 4.79 Å². The molecule has 0 bridgehead atoms. The standard InChI is InChI=1S/C17H12BrNO/c18-15-10-12(8-9-16(15)19)17(20)14-7-3-5-11-4-1-2-6-13(11)14/h1-10H,19H2. The number of carbonyl (C=O) groups excluding carboxylic acids is 1. The van der Waals surface area contributed by atoms with E-state index in [1.165, 1.54) is 0 Å². The molecule has 3 aromatic carbocycles. The number of anilines is 1. The van der Waals surface area contributed by atoms with Crippen LogP contribution in [0.15, 0.2) is 65.1 Å². The van der Waals surface area contributed by atoms with Crippen LogP contribution >= 0.6 is 15.9 Å². The topological polar surface area (TPSA) is 43.1 Å². The Hall–Kier alpha value is -2.13. The fourth-order valence-corrected chi connectivity index (χ4v) is 2.63. The zero-order valence-corrected chi connectivity index (χ0v) is 12.2. The molecule has 0 amide bonds. The Morgan fingerprint density at radius 2 is 1.70 bits per heavy atom. The van der Waals surface area contributed by atoms with Crippen molar-refractivity contribution in [2.75, 3.05) is 5.73 Å². The molecule has 0 radical (unpaired) electrons. The van der Waals surface area contributed by atoms with E-state index in [1.807, 2.05) is 42.5 Å². The molecule has 0 fully saturated rings. The Kier molecular flexibility index (Phi) is 3.28. The normalized spacial score (nSPS) is 10.7. The number of fused-ring (bicyclic) bond motifs is 1. The van der Waals surface area contributed by atoms with Crippen LogP contribution in [0.5, 0.6) is 0 Å². The van der Waals surface area contributed by atoms with Gasteiger partial charge in [0.15, 0.2) is 5.78 Å². The predicted molar refractivity (Wildman–Crippen MR) is 85.9 cm³/mol. The van der Waals surface area contributed by atoms with Gasteiger partial charge in [-0.05, 0) is 44.9 Å². The van der Waals surface area contributed by atoms with Crippen LogP contribution in [0.25, 0.3) is 10.8 Å². The van der Waals surface area contributed by atoms with E-state index in [9.17, 15) is 4.79 Å². The molecular formula is C17H12BrNO. The molecule has 0 aliphatic heterocycles. The summed E-state index contributed by atoms with van der Waals surface area (Å²) in [6.07, 6.45) is 0. The van der Waals surface area contributed by atoms with Crippen LogP contribution in [0.4, 0.5) is 5.69 Å². The molecule has 2 nitrogen and oxygen atoms in total. The zero-order valence-electron chi connectivity index (χ0n) is 10.6. The second-order valence-corrected chi connectivity index (χ2v) is 5.45. The number of rotatable bonds is 2. The van der Waals surface area contributed by atoms with E-state index in [0.29, 0.717) is 16.8 Å². The van der Waals surface area contributed by atoms with E-state index in [1.54, 1.807) is 18.2 Å². The maximum Gasteiger partial charge on any atom is 0.193 e. The Morgan fingerprint density at radius 1 is 0.950 bits per heavy atom.